The van der Waals surface area contributed by atoms with Gasteiger partial charge in [-0.25, -0.2) is 0 Å². The monoisotopic (exact) mass is 691 g/mol. The Hall–Kier alpha value is -4.75. The van der Waals surface area contributed by atoms with E-state index in [9.17, 15) is 0 Å². The highest BCUT2D eigenvalue weighted by molar-refractivity contribution is 5.88. The van der Waals surface area contributed by atoms with E-state index >= 15 is 0 Å². The van der Waals surface area contributed by atoms with Crippen LogP contribution in [0, 0.1) is 6.92 Å². The van der Waals surface area contributed by atoms with Crippen LogP contribution in [0.15, 0.2) is 121 Å². The molecule has 0 aliphatic heterocycles. The molecular weight excluding hydrogens is 639 g/mol. The van der Waals surface area contributed by atoms with Crippen molar-refractivity contribution in [2.24, 2.45) is 0 Å². The molecule has 1 heterocycles. The number of aryl methyl sites for hydroxylation is 1. The maximum atomic E-state index is 4.69. The van der Waals surface area contributed by atoms with Crippen molar-refractivity contribution < 1.29 is 0 Å². The van der Waals surface area contributed by atoms with Crippen LogP contribution < -0.4 is 0 Å². The molecule has 1 spiro atoms. The molecule has 1 atom stereocenters. The van der Waals surface area contributed by atoms with Gasteiger partial charge in [-0.3, -0.25) is 4.98 Å². The van der Waals surface area contributed by atoms with Crippen LogP contribution in [-0.4, -0.2) is 4.98 Å². The highest BCUT2D eigenvalue weighted by atomic mass is 14.7. The molecule has 0 saturated heterocycles. The Morgan fingerprint density at radius 3 is 1.81 bits per heavy atom. The maximum absolute atomic E-state index is 4.69. The summed E-state index contributed by atoms with van der Waals surface area (Å²) in [6.07, 6.45) is 16.9. The van der Waals surface area contributed by atoms with E-state index in [1.165, 1.54) is 131 Å². The minimum atomic E-state index is -0.0625. The Balaban J connectivity index is 1.14. The minimum absolute atomic E-state index is 0.0625. The minimum Gasteiger partial charge on any atom is -0.256 e. The molecule has 1 unspecified atom stereocenters. The number of hydrogen-bond acceptors (Lipinski definition) is 1. The van der Waals surface area contributed by atoms with Crippen LogP contribution in [0.4, 0.5) is 0 Å². The van der Waals surface area contributed by atoms with Crippen molar-refractivity contribution in [3.05, 3.63) is 160 Å². The van der Waals surface area contributed by atoms with E-state index in [0.717, 1.165) is 18.5 Å². The van der Waals surface area contributed by atoms with E-state index in [1.807, 2.05) is 12.3 Å². The fraction of sp³-hybridized carbons (Fsp3) is 0.327. The summed E-state index contributed by atoms with van der Waals surface area (Å²) in [5.74, 6) is 0. The third kappa shape index (κ3) is 5.70. The number of hydrogen-bond donors (Lipinski definition) is 0. The first-order chi connectivity index (χ1) is 26.0. The summed E-state index contributed by atoms with van der Waals surface area (Å²) >= 11 is 0. The van der Waals surface area contributed by atoms with Crippen LogP contribution in [0.1, 0.15) is 117 Å². The van der Waals surface area contributed by atoms with Gasteiger partial charge in [0.2, 0.25) is 0 Å². The highest BCUT2D eigenvalue weighted by Gasteiger charge is 2.48. The van der Waals surface area contributed by atoms with Gasteiger partial charge in [0, 0.05) is 22.6 Å². The first-order valence-electron chi connectivity index (χ1n) is 20.6. The smallest absolute Gasteiger partial charge is 0.0702 e. The number of benzene rings is 5. The van der Waals surface area contributed by atoms with Gasteiger partial charge < -0.3 is 0 Å². The van der Waals surface area contributed by atoms with Crippen molar-refractivity contribution in [1.82, 2.24) is 4.98 Å². The predicted molar refractivity (Wildman–Crippen MR) is 224 cm³/mol. The molecule has 0 bridgehead atoms. The van der Waals surface area contributed by atoms with Crippen LogP contribution in [0.3, 0.4) is 0 Å². The maximum Gasteiger partial charge on any atom is 0.0702 e. The Bertz CT molecular complexity index is 2280. The van der Waals surface area contributed by atoms with Crippen LogP contribution >= 0.6 is 0 Å². The lowest BCUT2D eigenvalue weighted by Crippen LogP contribution is -2.26. The summed E-state index contributed by atoms with van der Waals surface area (Å²) in [4.78, 5) is 4.69. The third-order valence-corrected chi connectivity index (χ3v) is 13.2. The Morgan fingerprint density at radius 1 is 0.491 bits per heavy atom. The van der Waals surface area contributed by atoms with Gasteiger partial charge in [-0.05, 0) is 130 Å². The van der Waals surface area contributed by atoms with Crippen LogP contribution in [0.25, 0.3) is 44.6 Å². The van der Waals surface area contributed by atoms with E-state index in [4.69, 9.17) is 0 Å². The van der Waals surface area contributed by atoms with E-state index in [1.54, 1.807) is 11.1 Å². The van der Waals surface area contributed by atoms with Gasteiger partial charge >= 0.3 is 0 Å². The van der Waals surface area contributed by atoms with Gasteiger partial charge in [-0.1, -0.05) is 156 Å². The molecule has 53 heavy (non-hydrogen) atoms. The molecule has 0 fully saturated rings. The number of nitrogens with zero attached hydrogens (tertiary/aromatic N) is 1. The molecule has 1 nitrogen and oxygen atoms in total. The molecule has 6 aromatic rings. The quantitative estimate of drug-likeness (QED) is 0.116. The number of pyridine rings is 1. The van der Waals surface area contributed by atoms with Crippen LogP contribution in [0.2, 0.25) is 0 Å². The van der Waals surface area contributed by atoms with E-state index < -0.39 is 0 Å². The highest BCUT2D eigenvalue weighted by Crippen LogP contribution is 2.58. The first-order valence-corrected chi connectivity index (χ1v) is 20.6. The normalized spacial score (nSPS) is 17.0. The molecule has 0 radical (unpaired) electrons. The topological polar surface area (TPSA) is 12.9 Å². The summed E-state index contributed by atoms with van der Waals surface area (Å²) in [5.41, 5.74) is 21.2. The standard InChI is InChI=1S/C52H53N/c1-4-6-8-13-27-51(28-14-9-7-5-2)46-17-11-10-16-42(46)44-25-22-37(32-48(44)51)38-23-26-45-43-24-19-36(3)30-47(43)52(49(45)33-38)34-40-21-20-39(31-41(40)35-52)50-18-12-15-29-53-50/h10-12,15-26,29-33H,4-9,13-14,27-28,34-35H2,1-3H3. The lowest BCUT2D eigenvalue weighted by Gasteiger charge is -2.33. The first kappa shape index (κ1) is 34.0. The van der Waals surface area contributed by atoms with Gasteiger partial charge in [0.25, 0.3) is 0 Å². The SMILES string of the molecule is CCCCCCC1(CCCCCC)c2ccccc2-c2ccc(-c3ccc4c(c3)C3(Cc5ccc(-c6ccccn6)cc5C3)c3cc(C)ccc3-4)cc21. The summed E-state index contributed by atoms with van der Waals surface area (Å²) in [7, 11) is 0. The zero-order chi connectivity index (χ0) is 36.0. The lowest BCUT2D eigenvalue weighted by atomic mass is 9.70. The van der Waals surface area contributed by atoms with Crippen molar-refractivity contribution in [2.75, 3.05) is 0 Å². The van der Waals surface area contributed by atoms with Gasteiger partial charge in [0.1, 0.15) is 0 Å². The fourth-order valence-corrected chi connectivity index (χ4v) is 10.5. The molecule has 5 aromatic carbocycles. The number of aromatic nitrogens is 1. The molecule has 0 amide bonds. The predicted octanol–water partition coefficient (Wildman–Crippen LogP) is 14.0. The van der Waals surface area contributed by atoms with Crippen LogP contribution in [-0.2, 0) is 23.7 Å². The summed E-state index contributed by atoms with van der Waals surface area (Å²) < 4.78 is 0. The van der Waals surface area contributed by atoms with Gasteiger partial charge in [0.15, 0.2) is 0 Å². The molecule has 0 saturated carbocycles. The molecule has 9 rings (SSSR count). The Morgan fingerprint density at radius 2 is 1.09 bits per heavy atom. The Labute approximate surface area is 317 Å². The largest absolute Gasteiger partial charge is 0.256 e. The van der Waals surface area contributed by atoms with Crippen molar-refractivity contribution in [1.29, 1.82) is 0 Å². The number of unbranched alkanes of at least 4 members (excludes halogenated alkanes) is 6. The van der Waals surface area contributed by atoms with Crippen molar-refractivity contribution in [3.63, 3.8) is 0 Å². The van der Waals surface area contributed by atoms with Gasteiger partial charge in [0.05, 0.1) is 5.69 Å². The zero-order valence-electron chi connectivity index (χ0n) is 32.0. The number of fused-ring (bicyclic) bond motifs is 9. The summed E-state index contributed by atoms with van der Waals surface area (Å²) in [6.45, 7) is 6.91. The third-order valence-electron chi connectivity index (χ3n) is 13.2. The molecule has 0 N–H and O–H groups in total. The van der Waals surface area contributed by atoms with Crippen molar-refractivity contribution >= 4 is 0 Å². The van der Waals surface area contributed by atoms with Gasteiger partial charge in [-0.2, -0.15) is 0 Å². The van der Waals surface area contributed by atoms with Crippen LogP contribution in [0.5, 0.6) is 0 Å². The van der Waals surface area contributed by atoms with E-state index in [0.29, 0.717) is 0 Å². The van der Waals surface area contributed by atoms with E-state index in [2.05, 4.69) is 135 Å². The fourth-order valence-electron chi connectivity index (χ4n) is 10.5. The zero-order valence-corrected chi connectivity index (χ0v) is 32.0. The Kier molecular flexibility index (Phi) is 8.93. The molecule has 3 aliphatic carbocycles. The molecular formula is C52H53N. The summed E-state index contributed by atoms with van der Waals surface area (Å²) in [6, 6.07) is 44.8. The average molecular weight is 692 g/mol. The average Bonchev–Trinajstić information content (AvgIpc) is 3.81. The second-order valence-corrected chi connectivity index (χ2v) is 16.5. The summed E-state index contributed by atoms with van der Waals surface area (Å²) in [5, 5.41) is 0. The molecule has 1 aromatic heterocycles. The lowest BCUT2D eigenvalue weighted by molar-refractivity contribution is 0.401. The van der Waals surface area contributed by atoms with Crippen molar-refractivity contribution in [3.8, 4) is 44.6 Å². The van der Waals surface area contributed by atoms with E-state index in [-0.39, 0.29) is 10.8 Å². The number of rotatable bonds is 12. The second-order valence-electron chi connectivity index (χ2n) is 16.5. The second kappa shape index (κ2) is 13.9. The molecule has 1 heteroatoms. The van der Waals surface area contributed by atoms with Gasteiger partial charge in [-0.15, -0.1) is 0 Å². The molecule has 266 valence electrons. The van der Waals surface area contributed by atoms with Crippen molar-refractivity contribution in [2.45, 2.75) is 109 Å². The molecule has 3 aliphatic rings.